The van der Waals surface area contributed by atoms with E-state index in [-0.39, 0.29) is 11.8 Å². The number of carbonyl (C=O) groups excluding carboxylic acids is 2. The van der Waals surface area contributed by atoms with E-state index in [9.17, 15) is 9.59 Å². The van der Waals surface area contributed by atoms with Gasteiger partial charge >= 0.3 is 0 Å². The molecule has 2 fully saturated rings. The molecule has 0 aliphatic carbocycles. The maximum Gasteiger partial charge on any atom is 0.267 e. The molecule has 9 heteroatoms. The maximum absolute atomic E-state index is 14.6. The summed E-state index contributed by atoms with van der Waals surface area (Å²) in [5.41, 5.74) is 3.62. The summed E-state index contributed by atoms with van der Waals surface area (Å²) < 4.78 is 28.4. The molecular formula is C43H42N2O7. The Bertz CT molecular complexity index is 1890. The molecule has 52 heavy (non-hydrogen) atoms. The number of hydrogen-bond acceptors (Lipinski definition) is 7. The Kier molecular flexibility index (Phi) is 9.76. The number of methoxy groups -OCH3 is 4. The highest BCUT2D eigenvalue weighted by Crippen LogP contribution is 2.49. The van der Waals surface area contributed by atoms with Gasteiger partial charge in [0, 0.05) is 0 Å². The number of hydrogen-bond donors (Lipinski definition) is 0. The molecule has 5 aromatic rings. The standard InChI is InChI=1S/C43H42N2O7/c1-27-37(44(42(27)46)38(28-11-19-32(48-2)20-12-28)29-13-21-33(49-3)22-14-29)40-41(52-36-9-7-6-8-10-36)43(47)45(40)39(30-15-23-34(50-4)24-16-30)31-17-25-35(51-5)26-18-31/h6-27,37-41H,1-5H3/t27-,37-,40+,41-/m0/s1. The first kappa shape index (κ1) is 34.5. The molecule has 0 saturated carbocycles. The van der Waals surface area contributed by atoms with Crippen molar-refractivity contribution in [2.45, 2.75) is 37.2 Å². The third-order valence-electron chi connectivity index (χ3n) is 10.2. The van der Waals surface area contributed by atoms with Crippen LogP contribution in [0.5, 0.6) is 28.7 Å². The fourth-order valence-corrected chi connectivity index (χ4v) is 7.53. The van der Waals surface area contributed by atoms with Crippen LogP contribution in [0.1, 0.15) is 41.3 Å². The van der Waals surface area contributed by atoms with E-state index in [1.165, 1.54) is 0 Å². The van der Waals surface area contributed by atoms with Crippen molar-refractivity contribution in [2.24, 2.45) is 5.92 Å². The molecule has 0 radical (unpaired) electrons. The first-order valence-corrected chi connectivity index (χ1v) is 17.3. The van der Waals surface area contributed by atoms with Crippen LogP contribution in [-0.2, 0) is 9.59 Å². The number of carbonyl (C=O) groups is 2. The lowest BCUT2D eigenvalue weighted by atomic mass is 9.73. The second-order valence-electron chi connectivity index (χ2n) is 13.0. The molecule has 0 bridgehead atoms. The van der Waals surface area contributed by atoms with Crippen LogP contribution in [0, 0.1) is 5.92 Å². The number of nitrogens with zero attached hydrogens (tertiary/aromatic N) is 2. The summed E-state index contributed by atoms with van der Waals surface area (Å²) >= 11 is 0. The summed E-state index contributed by atoms with van der Waals surface area (Å²) in [6, 6.07) is 38.6. The summed E-state index contributed by atoms with van der Waals surface area (Å²) in [5.74, 6) is 2.86. The quantitative estimate of drug-likeness (QED) is 0.121. The summed E-state index contributed by atoms with van der Waals surface area (Å²) in [5, 5.41) is 0. The van der Waals surface area contributed by atoms with E-state index >= 15 is 0 Å². The molecule has 0 spiro atoms. The Hall–Kier alpha value is -5.96. The Morgan fingerprint density at radius 1 is 0.442 bits per heavy atom. The first-order chi connectivity index (χ1) is 25.4. The van der Waals surface area contributed by atoms with Gasteiger partial charge in [0.2, 0.25) is 5.91 Å². The van der Waals surface area contributed by atoms with Crippen LogP contribution in [0.15, 0.2) is 127 Å². The normalized spacial score (nSPS) is 19.6. The van der Waals surface area contributed by atoms with Crippen molar-refractivity contribution < 1.29 is 33.3 Å². The molecular weight excluding hydrogens is 656 g/mol. The van der Waals surface area contributed by atoms with Gasteiger partial charge in [-0.25, -0.2) is 0 Å². The predicted molar refractivity (Wildman–Crippen MR) is 197 cm³/mol. The van der Waals surface area contributed by atoms with Gasteiger partial charge in [-0.1, -0.05) is 73.7 Å². The van der Waals surface area contributed by atoms with E-state index in [2.05, 4.69) is 0 Å². The van der Waals surface area contributed by atoms with E-state index in [0.717, 1.165) is 22.3 Å². The molecule has 266 valence electrons. The molecule has 5 aromatic carbocycles. The molecule has 2 aliphatic rings. The number of rotatable bonds is 13. The Morgan fingerprint density at radius 3 is 1.13 bits per heavy atom. The van der Waals surface area contributed by atoms with Crippen LogP contribution in [0.3, 0.4) is 0 Å². The average Bonchev–Trinajstić information content (AvgIpc) is 3.21. The number of β-lactam (4-membered cyclic amide) rings is 2. The lowest BCUT2D eigenvalue weighted by Gasteiger charge is -2.61. The van der Waals surface area contributed by atoms with Crippen molar-refractivity contribution in [3.63, 3.8) is 0 Å². The predicted octanol–water partition coefficient (Wildman–Crippen LogP) is 7.11. The highest BCUT2D eigenvalue weighted by Gasteiger charge is 2.64. The number of ether oxygens (including phenoxy) is 5. The van der Waals surface area contributed by atoms with Gasteiger partial charge in [0.15, 0.2) is 6.10 Å². The van der Waals surface area contributed by atoms with Crippen molar-refractivity contribution in [3.05, 3.63) is 150 Å². The van der Waals surface area contributed by atoms with Gasteiger partial charge in [0.05, 0.1) is 52.5 Å². The summed E-state index contributed by atoms with van der Waals surface area (Å²) in [6.07, 6.45) is -0.836. The van der Waals surface area contributed by atoms with Crippen LogP contribution in [-0.4, -0.2) is 68.2 Å². The van der Waals surface area contributed by atoms with Gasteiger partial charge in [-0.15, -0.1) is 0 Å². The lowest BCUT2D eigenvalue weighted by molar-refractivity contribution is -0.193. The molecule has 4 atom stereocenters. The number of benzene rings is 5. The number of amides is 2. The largest absolute Gasteiger partial charge is 0.497 e. The van der Waals surface area contributed by atoms with Crippen LogP contribution in [0.4, 0.5) is 0 Å². The molecule has 0 N–H and O–H groups in total. The molecule has 2 saturated heterocycles. The molecule has 7 rings (SSSR count). The molecule has 2 amide bonds. The summed E-state index contributed by atoms with van der Waals surface area (Å²) in [6.45, 7) is 1.94. The molecule has 0 aromatic heterocycles. The Morgan fingerprint density at radius 2 is 0.788 bits per heavy atom. The number of likely N-dealkylation sites (tertiary alicyclic amines) is 2. The van der Waals surface area contributed by atoms with Gasteiger partial charge in [0.1, 0.15) is 34.8 Å². The van der Waals surface area contributed by atoms with Crippen LogP contribution in [0.25, 0.3) is 0 Å². The summed E-state index contributed by atoms with van der Waals surface area (Å²) in [4.78, 5) is 32.7. The number of para-hydroxylation sites is 1. The molecule has 9 nitrogen and oxygen atoms in total. The van der Waals surface area contributed by atoms with Crippen molar-refractivity contribution in [3.8, 4) is 28.7 Å². The minimum atomic E-state index is -0.836. The maximum atomic E-state index is 14.6. The van der Waals surface area contributed by atoms with Crippen molar-refractivity contribution >= 4 is 11.8 Å². The highest BCUT2D eigenvalue weighted by atomic mass is 16.5. The smallest absolute Gasteiger partial charge is 0.267 e. The van der Waals surface area contributed by atoms with Crippen molar-refractivity contribution in [1.29, 1.82) is 0 Å². The van der Waals surface area contributed by atoms with E-state index in [1.807, 2.05) is 144 Å². The zero-order valence-corrected chi connectivity index (χ0v) is 29.8. The summed E-state index contributed by atoms with van der Waals surface area (Å²) in [7, 11) is 6.51. The fourth-order valence-electron chi connectivity index (χ4n) is 7.53. The van der Waals surface area contributed by atoms with Crippen LogP contribution in [0.2, 0.25) is 0 Å². The second-order valence-corrected chi connectivity index (χ2v) is 13.0. The van der Waals surface area contributed by atoms with Gasteiger partial charge in [-0.2, -0.15) is 0 Å². The Labute approximate surface area is 304 Å². The SMILES string of the molecule is COc1ccc(C(c2ccc(OC)cc2)N2C(=O)[C@@H](C)[C@H]2[C@@H]2[C@H](Oc3ccccc3)C(=O)N2C(c2ccc(OC)cc2)c2ccc(OC)cc2)cc1. The third kappa shape index (κ3) is 6.27. The van der Waals surface area contributed by atoms with Crippen molar-refractivity contribution in [2.75, 3.05) is 28.4 Å². The highest BCUT2D eigenvalue weighted by molar-refractivity contribution is 5.93. The monoisotopic (exact) mass is 698 g/mol. The van der Waals surface area contributed by atoms with Gasteiger partial charge in [-0.3, -0.25) is 9.59 Å². The third-order valence-corrected chi connectivity index (χ3v) is 10.2. The topological polar surface area (TPSA) is 86.8 Å². The van der Waals surface area contributed by atoms with E-state index < -0.39 is 36.2 Å². The van der Waals surface area contributed by atoms with Crippen LogP contribution < -0.4 is 23.7 Å². The van der Waals surface area contributed by atoms with Gasteiger partial charge < -0.3 is 33.5 Å². The average molecular weight is 699 g/mol. The molecule has 2 aliphatic heterocycles. The van der Waals surface area contributed by atoms with Crippen molar-refractivity contribution in [1.82, 2.24) is 9.80 Å². The van der Waals surface area contributed by atoms with E-state index in [1.54, 1.807) is 28.4 Å². The fraction of sp³-hybridized carbons (Fsp3) is 0.256. The second kappa shape index (κ2) is 14.7. The Balaban J connectivity index is 1.36. The van der Waals surface area contributed by atoms with Crippen LogP contribution >= 0.6 is 0 Å². The molecule has 2 heterocycles. The molecule has 0 unspecified atom stereocenters. The minimum absolute atomic E-state index is 0.00941. The van der Waals surface area contributed by atoms with E-state index in [0.29, 0.717) is 28.7 Å². The van der Waals surface area contributed by atoms with E-state index in [4.69, 9.17) is 23.7 Å². The minimum Gasteiger partial charge on any atom is -0.497 e. The first-order valence-electron chi connectivity index (χ1n) is 17.3. The van der Waals surface area contributed by atoms with Gasteiger partial charge in [-0.05, 0) is 82.9 Å². The lowest BCUT2D eigenvalue weighted by Crippen LogP contribution is -2.79. The zero-order valence-electron chi connectivity index (χ0n) is 29.8. The van der Waals surface area contributed by atoms with Gasteiger partial charge in [0.25, 0.3) is 5.91 Å². The zero-order chi connectivity index (χ0) is 36.4.